The van der Waals surface area contributed by atoms with E-state index in [2.05, 4.69) is 25.3 Å². The van der Waals surface area contributed by atoms with Crippen molar-refractivity contribution in [3.63, 3.8) is 0 Å². The van der Waals surface area contributed by atoms with Gasteiger partial charge in [0.15, 0.2) is 0 Å². The average Bonchev–Trinajstić information content (AvgIpc) is 1.63. The summed E-state index contributed by atoms with van der Waals surface area (Å²) in [5.41, 5.74) is 0. The lowest BCUT2D eigenvalue weighted by molar-refractivity contribution is 0.208. The molecule has 0 aliphatic carbocycles. The molecule has 2 nitrogen and oxygen atoms in total. The standard InChI is InChI=1S/C3H6NOS2/c5-4-2-1-3(4,6)7/h6-7H,1-2H2/q-1. The quantitative estimate of drug-likeness (QED) is 0.379. The minimum atomic E-state index is -0.653. The van der Waals surface area contributed by atoms with Crippen molar-refractivity contribution in [2.45, 2.75) is 10.6 Å². The predicted molar refractivity (Wildman–Crippen MR) is 35.4 cm³/mol. The van der Waals surface area contributed by atoms with Gasteiger partial charge in [0, 0.05) is 0 Å². The smallest absolute Gasteiger partial charge is 0.0979 e. The van der Waals surface area contributed by atoms with E-state index in [0.717, 1.165) is 11.5 Å². The maximum absolute atomic E-state index is 10.3. The Hall–Kier alpha value is 0.620. The Morgan fingerprint density at radius 3 is 2.00 bits per heavy atom. The summed E-state index contributed by atoms with van der Waals surface area (Å²) in [5, 5.41) is 11.2. The molecule has 1 aliphatic heterocycles. The molecule has 0 amide bonds. The number of hydrogen-bond donors (Lipinski definition) is 2. The molecule has 0 aromatic heterocycles. The second-order valence-corrected chi connectivity index (χ2v) is 3.46. The van der Waals surface area contributed by atoms with Crippen LogP contribution >= 0.6 is 25.3 Å². The second kappa shape index (κ2) is 1.55. The molecule has 0 N–H and O–H groups in total. The molecule has 0 aromatic rings. The topological polar surface area (TPSA) is 26.3 Å². The van der Waals surface area contributed by atoms with Crippen LogP contribution < -0.4 is 0 Å². The molecule has 42 valence electrons. The van der Waals surface area contributed by atoms with Crippen LogP contribution in [0.2, 0.25) is 0 Å². The monoisotopic (exact) mass is 136 g/mol. The molecule has 1 rings (SSSR count). The summed E-state index contributed by atoms with van der Waals surface area (Å²) in [6.45, 7) is 0.576. The summed E-state index contributed by atoms with van der Waals surface area (Å²) in [6.07, 6.45) is 0.780. The Balaban J connectivity index is 2.43. The molecule has 4 heteroatoms. The minimum Gasteiger partial charge on any atom is -0.784 e. The molecular weight excluding hydrogens is 130 g/mol. The van der Waals surface area contributed by atoms with Gasteiger partial charge < -0.3 is 10.3 Å². The molecule has 0 unspecified atom stereocenters. The van der Waals surface area contributed by atoms with E-state index >= 15 is 0 Å². The number of thiol groups is 2. The van der Waals surface area contributed by atoms with Gasteiger partial charge in [0.05, 0.1) is 4.20 Å². The summed E-state index contributed by atoms with van der Waals surface area (Å²) in [7, 11) is 0. The highest BCUT2D eigenvalue weighted by Gasteiger charge is 2.30. The Kier molecular flexibility index (Phi) is 1.27. The molecule has 0 radical (unpaired) electrons. The van der Waals surface area contributed by atoms with E-state index in [9.17, 15) is 5.21 Å². The maximum Gasteiger partial charge on any atom is 0.0979 e. The SMILES string of the molecule is [O-]N1CCC1(S)S. The summed E-state index contributed by atoms with van der Waals surface area (Å²) in [4.78, 5) is 0. The van der Waals surface area contributed by atoms with E-state index in [4.69, 9.17) is 0 Å². The minimum absolute atomic E-state index is 0.576. The number of hydroxylamine groups is 2. The van der Waals surface area contributed by atoms with Crippen molar-refractivity contribution in [1.29, 1.82) is 0 Å². The van der Waals surface area contributed by atoms with Gasteiger partial charge in [0.25, 0.3) is 0 Å². The Morgan fingerprint density at radius 2 is 2.00 bits per heavy atom. The van der Waals surface area contributed by atoms with Gasteiger partial charge in [-0.15, -0.1) is 25.3 Å². The van der Waals surface area contributed by atoms with E-state index in [1.54, 1.807) is 0 Å². The van der Waals surface area contributed by atoms with Crippen LogP contribution in [0, 0.1) is 5.21 Å². The third-order valence-corrected chi connectivity index (χ3v) is 1.94. The molecular formula is C3H6NOS2-. The zero-order valence-electron chi connectivity index (χ0n) is 3.66. The largest absolute Gasteiger partial charge is 0.784 e. The van der Waals surface area contributed by atoms with E-state index in [1.165, 1.54) is 0 Å². The van der Waals surface area contributed by atoms with Crippen LogP contribution in [0.25, 0.3) is 0 Å². The highest BCUT2D eigenvalue weighted by atomic mass is 32.2. The van der Waals surface area contributed by atoms with Crippen LogP contribution in [0.3, 0.4) is 0 Å². The lowest BCUT2D eigenvalue weighted by Gasteiger charge is -2.51. The van der Waals surface area contributed by atoms with Crippen molar-refractivity contribution in [3.8, 4) is 0 Å². The molecule has 0 saturated carbocycles. The van der Waals surface area contributed by atoms with Crippen molar-refractivity contribution in [3.05, 3.63) is 5.21 Å². The van der Waals surface area contributed by atoms with Gasteiger partial charge in [0.2, 0.25) is 0 Å². The highest BCUT2D eigenvalue weighted by molar-refractivity contribution is 8.00. The fourth-order valence-electron chi connectivity index (χ4n) is 0.403. The molecule has 7 heavy (non-hydrogen) atoms. The molecule has 0 spiro atoms. The highest BCUT2D eigenvalue weighted by Crippen LogP contribution is 2.36. The van der Waals surface area contributed by atoms with E-state index in [1.807, 2.05) is 0 Å². The zero-order chi connectivity index (χ0) is 5.49. The van der Waals surface area contributed by atoms with Gasteiger partial charge >= 0.3 is 0 Å². The van der Waals surface area contributed by atoms with E-state index < -0.39 is 4.20 Å². The van der Waals surface area contributed by atoms with Crippen molar-refractivity contribution >= 4 is 25.3 Å². The third kappa shape index (κ3) is 0.887. The van der Waals surface area contributed by atoms with Crippen LogP contribution in [-0.2, 0) is 0 Å². The van der Waals surface area contributed by atoms with Crippen molar-refractivity contribution in [1.82, 2.24) is 5.06 Å². The van der Waals surface area contributed by atoms with Gasteiger partial charge in [-0.05, 0) is 13.0 Å². The maximum atomic E-state index is 10.3. The number of nitrogens with zero attached hydrogens (tertiary/aromatic N) is 1. The first-order valence-electron chi connectivity index (χ1n) is 2.02. The van der Waals surface area contributed by atoms with Gasteiger partial charge in [-0.2, -0.15) is 0 Å². The van der Waals surface area contributed by atoms with Crippen molar-refractivity contribution in [2.24, 2.45) is 0 Å². The third-order valence-electron chi connectivity index (χ3n) is 1.05. The summed E-state index contributed by atoms with van der Waals surface area (Å²) < 4.78 is -0.653. The van der Waals surface area contributed by atoms with Crippen molar-refractivity contribution in [2.75, 3.05) is 6.54 Å². The summed E-state index contributed by atoms with van der Waals surface area (Å²) in [6, 6.07) is 0. The van der Waals surface area contributed by atoms with Gasteiger partial charge in [0.1, 0.15) is 0 Å². The van der Waals surface area contributed by atoms with Crippen LogP contribution in [0.4, 0.5) is 0 Å². The Labute approximate surface area is 53.3 Å². The lowest BCUT2D eigenvalue weighted by atomic mass is 10.3. The second-order valence-electron chi connectivity index (χ2n) is 1.63. The number of hydrogen-bond acceptors (Lipinski definition) is 4. The number of rotatable bonds is 0. The predicted octanol–water partition coefficient (Wildman–Crippen LogP) is 0.703. The fraction of sp³-hybridized carbons (Fsp3) is 1.00. The molecule has 1 fully saturated rings. The van der Waals surface area contributed by atoms with E-state index in [0.29, 0.717) is 6.54 Å². The molecule has 0 atom stereocenters. The van der Waals surface area contributed by atoms with Crippen molar-refractivity contribution < 1.29 is 0 Å². The average molecular weight is 136 g/mol. The van der Waals surface area contributed by atoms with E-state index in [-0.39, 0.29) is 0 Å². The summed E-state index contributed by atoms with van der Waals surface area (Å²) in [5.74, 6) is 0. The van der Waals surface area contributed by atoms with Crippen LogP contribution in [-0.4, -0.2) is 15.8 Å². The molecule has 1 heterocycles. The van der Waals surface area contributed by atoms with Gasteiger partial charge in [-0.25, -0.2) is 0 Å². The normalized spacial score (nSPS) is 29.6. The molecule has 0 bridgehead atoms. The summed E-state index contributed by atoms with van der Waals surface area (Å²) >= 11 is 7.83. The first-order chi connectivity index (χ1) is 3.13. The van der Waals surface area contributed by atoms with Crippen LogP contribution in [0.5, 0.6) is 0 Å². The van der Waals surface area contributed by atoms with Crippen LogP contribution in [0.15, 0.2) is 0 Å². The first-order valence-corrected chi connectivity index (χ1v) is 2.92. The molecule has 1 aliphatic rings. The Morgan fingerprint density at radius 1 is 1.57 bits per heavy atom. The van der Waals surface area contributed by atoms with Gasteiger partial charge in [-0.3, -0.25) is 0 Å². The molecule has 0 aromatic carbocycles. The van der Waals surface area contributed by atoms with Gasteiger partial charge in [-0.1, -0.05) is 0 Å². The Bertz CT molecular complexity index is 85.0. The molecule has 1 saturated heterocycles. The fourth-order valence-corrected chi connectivity index (χ4v) is 0.803. The zero-order valence-corrected chi connectivity index (χ0v) is 5.45. The van der Waals surface area contributed by atoms with Crippen LogP contribution in [0.1, 0.15) is 6.42 Å². The lowest BCUT2D eigenvalue weighted by Crippen LogP contribution is -2.48. The first kappa shape index (κ1) is 5.75.